The van der Waals surface area contributed by atoms with Gasteiger partial charge in [0.2, 0.25) is 0 Å². The maximum absolute atomic E-state index is 14.1. The zero-order valence-electron chi connectivity index (χ0n) is 22.8. The zero-order valence-corrected chi connectivity index (χ0v) is 23.7. The van der Waals surface area contributed by atoms with Gasteiger partial charge in [-0.3, -0.25) is 13.9 Å². The molecule has 0 amide bonds. The monoisotopic (exact) mass is 590 g/mol. The molecule has 1 aliphatic carbocycles. The van der Waals surface area contributed by atoms with E-state index in [1.165, 1.54) is 31.1 Å². The van der Waals surface area contributed by atoms with Gasteiger partial charge >= 0.3 is 13.7 Å². The number of imidazole rings is 1. The number of nitrogen functional groups attached to an aromatic ring is 1. The number of hydrogen-bond donors (Lipinski definition) is 4. The van der Waals surface area contributed by atoms with Gasteiger partial charge in [0.05, 0.1) is 12.4 Å². The van der Waals surface area contributed by atoms with Crippen LogP contribution in [0.1, 0.15) is 52.2 Å². The molecule has 3 heterocycles. The van der Waals surface area contributed by atoms with Gasteiger partial charge in [0.25, 0.3) is 0 Å². The number of carbonyl (C=O) groups is 1. The van der Waals surface area contributed by atoms with Gasteiger partial charge < -0.3 is 29.9 Å². The number of ether oxygens (including phenoxy) is 2. The van der Waals surface area contributed by atoms with Crippen molar-refractivity contribution in [2.45, 2.75) is 88.7 Å². The van der Waals surface area contributed by atoms with E-state index >= 15 is 0 Å². The molecule has 0 bridgehead atoms. The maximum Gasteiger partial charge on any atom is 0.459 e. The van der Waals surface area contributed by atoms with Crippen LogP contribution in [-0.2, 0) is 23.4 Å². The minimum atomic E-state index is -4.26. The van der Waals surface area contributed by atoms with Crippen LogP contribution in [0.5, 0.6) is 5.75 Å². The molecule has 1 saturated carbocycles. The molecule has 14 nitrogen and oxygen atoms in total. The summed E-state index contributed by atoms with van der Waals surface area (Å²) in [5.41, 5.74) is 6.48. The highest BCUT2D eigenvalue weighted by Crippen LogP contribution is 2.48. The number of hydrogen-bond acceptors (Lipinski definition) is 12. The molecule has 0 spiro atoms. The lowest BCUT2D eigenvalue weighted by Gasteiger charge is -2.29. The Bertz CT molecular complexity index is 1390. The number of rotatable bonds is 10. The smallest absolute Gasteiger partial charge is 0.459 e. The van der Waals surface area contributed by atoms with Crippen molar-refractivity contribution >= 4 is 30.7 Å². The second kappa shape index (κ2) is 12.4. The molecule has 0 radical (unpaired) electrons. The molecule has 222 valence electrons. The van der Waals surface area contributed by atoms with E-state index < -0.39 is 50.4 Å². The second-order valence-electron chi connectivity index (χ2n) is 10.3. The molecule has 5 unspecified atom stereocenters. The highest BCUT2D eigenvalue weighted by Gasteiger charge is 2.49. The van der Waals surface area contributed by atoms with E-state index in [2.05, 4.69) is 20.0 Å². The fourth-order valence-electron chi connectivity index (χ4n) is 5.08. The number of benzene rings is 1. The summed E-state index contributed by atoms with van der Waals surface area (Å²) < 4.78 is 38.7. The molecule has 5 rings (SSSR count). The van der Waals surface area contributed by atoms with Gasteiger partial charge in [-0.05, 0) is 51.7 Å². The lowest BCUT2D eigenvalue weighted by atomic mass is 9.98. The van der Waals surface area contributed by atoms with Crippen LogP contribution in [-0.4, -0.2) is 72.3 Å². The first-order chi connectivity index (χ1) is 19.6. The van der Waals surface area contributed by atoms with Crippen LogP contribution >= 0.6 is 7.75 Å². The Labute approximate surface area is 236 Å². The molecule has 15 heteroatoms. The first kappa shape index (κ1) is 29.4. The van der Waals surface area contributed by atoms with Crippen molar-refractivity contribution in [2.75, 3.05) is 5.73 Å². The Hall–Kier alpha value is -3.13. The average molecular weight is 591 g/mol. The van der Waals surface area contributed by atoms with Crippen molar-refractivity contribution in [2.24, 2.45) is 0 Å². The van der Waals surface area contributed by atoms with Crippen LogP contribution in [0.2, 0.25) is 0 Å². The molecule has 1 saturated heterocycles. The third-order valence-corrected chi connectivity index (χ3v) is 8.98. The molecule has 1 aromatic carbocycles. The summed E-state index contributed by atoms with van der Waals surface area (Å²) in [5.74, 6) is -0.196. The molecule has 7 atom stereocenters. The number of para-hydroxylation sites is 1. The van der Waals surface area contributed by atoms with Gasteiger partial charge in [-0.2, -0.15) is 5.09 Å². The van der Waals surface area contributed by atoms with E-state index in [0.29, 0.717) is 11.2 Å². The molecule has 41 heavy (non-hydrogen) atoms. The number of nitrogens with two attached hydrogens (primary N) is 1. The predicted octanol–water partition coefficient (Wildman–Crippen LogP) is 2.47. The summed E-state index contributed by atoms with van der Waals surface area (Å²) >= 11 is 0. The van der Waals surface area contributed by atoms with Gasteiger partial charge in [-0.15, -0.1) is 0 Å². The lowest BCUT2D eigenvalue weighted by molar-refractivity contribution is -0.152. The SMILES string of the molecule is CC(NP(=O)(Oc1ccccc1)OC(C)[C@H]1O[C@@H](n2cnc3c(N)ncnc32)C(O)C1O)C(=O)OC1CCCCC1. The van der Waals surface area contributed by atoms with Crippen LogP contribution in [0.3, 0.4) is 0 Å². The summed E-state index contributed by atoms with van der Waals surface area (Å²) in [7, 11) is -4.26. The lowest BCUT2D eigenvalue weighted by Crippen LogP contribution is -2.41. The van der Waals surface area contributed by atoms with Crippen LogP contribution < -0.4 is 15.3 Å². The van der Waals surface area contributed by atoms with E-state index in [-0.39, 0.29) is 17.7 Å². The number of aliphatic hydroxyl groups excluding tert-OH is 2. The summed E-state index contributed by atoms with van der Waals surface area (Å²) in [6, 6.07) is 7.30. The summed E-state index contributed by atoms with van der Waals surface area (Å²) in [4.78, 5) is 25.1. The molecule has 3 aromatic rings. The molecule has 1 aliphatic heterocycles. The van der Waals surface area contributed by atoms with Crippen LogP contribution in [0.25, 0.3) is 11.2 Å². The quantitative estimate of drug-likeness (QED) is 0.199. The van der Waals surface area contributed by atoms with E-state index in [1.807, 2.05) is 0 Å². The average Bonchev–Trinajstić information content (AvgIpc) is 3.51. The number of nitrogens with zero attached hydrogens (tertiary/aromatic N) is 4. The Morgan fingerprint density at radius 1 is 1.12 bits per heavy atom. The van der Waals surface area contributed by atoms with Crippen molar-refractivity contribution in [3.8, 4) is 5.75 Å². The number of aliphatic hydroxyl groups is 2. The predicted molar refractivity (Wildman–Crippen MR) is 146 cm³/mol. The fraction of sp³-hybridized carbons (Fsp3) is 0.538. The normalized spacial score (nSPS) is 26.3. The van der Waals surface area contributed by atoms with E-state index in [1.54, 1.807) is 30.3 Å². The van der Waals surface area contributed by atoms with Crippen molar-refractivity contribution in [1.82, 2.24) is 24.6 Å². The Morgan fingerprint density at radius 2 is 1.85 bits per heavy atom. The topological polar surface area (TPSA) is 193 Å². The van der Waals surface area contributed by atoms with Crippen LogP contribution in [0.15, 0.2) is 43.0 Å². The molecular weight excluding hydrogens is 555 g/mol. The third-order valence-electron chi connectivity index (χ3n) is 7.21. The first-order valence-corrected chi connectivity index (χ1v) is 15.2. The third kappa shape index (κ3) is 6.53. The largest absolute Gasteiger partial charge is 0.461 e. The highest BCUT2D eigenvalue weighted by molar-refractivity contribution is 7.52. The van der Waals surface area contributed by atoms with E-state index in [0.717, 1.165) is 32.1 Å². The number of aromatic nitrogens is 4. The Balaban J connectivity index is 1.32. The van der Waals surface area contributed by atoms with Crippen molar-refractivity contribution in [3.63, 3.8) is 0 Å². The highest BCUT2D eigenvalue weighted by atomic mass is 31.2. The summed E-state index contributed by atoms with van der Waals surface area (Å²) in [6.07, 6.45) is 0.910. The van der Waals surface area contributed by atoms with Gasteiger partial charge in [0, 0.05) is 0 Å². The van der Waals surface area contributed by atoms with E-state index in [4.69, 9.17) is 24.3 Å². The maximum atomic E-state index is 14.1. The number of anilines is 1. The van der Waals surface area contributed by atoms with Gasteiger partial charge in [-0.25, -0.2) is 19.5 Å². The molecule has 2 aromatic heterocycles. The zero-order chi connectivity index (χ0) is 29.1. The Morgan fingerprint density at radius 3 is 2.59 bits per heavy atom. The minimum Gasteiger partial charge on any atom is -0.461 e. The van der Waals surface area contributed by atoms with Crippen molar-refractivity contribution in [1.29, 1.82) is 0 Å². The standard InChI is InChI=1S/C26H35N6O8P/c1-15(26(35)37-17-9-5-3-6-10-17)31-41(36,40-18-11-7-4-8-12-18)39-16(2)22-20(33)21(34)25(38-22)32-14-30-19-23(27)28-13-29-24(19)32/h4,7-8,11-17,20-22,25,33-34H,3,5-6,9-10H2,1-2H3,(H,31,36)(H2,27,28,29)/t15?,16?,20?,21?,22-,25-,41?/m1/s1. The first-order valence-electron chi connectivity index (χ1n) is 13.6. The van der Waals surface area contributed by atoms with E-state index in [9.17, 15) is 19.6 Å². The van der Waals surface area contributed by atoms with Gasteiger partial charge in [0.15, 0.2) is 17.7 Å². The molecular formula is C26H35N6O8P. The number of carbonyl (C=O) groups excluding carboxylic acids is 1. The van der Waals surface area contributed by atoms with Gasteiger partial charge in [-0.1, -0.05) is 24.6 Å². The molecule has 5 N–H and O–H groups in total. The van der Waals surface area contributed by atoms with Crippen LogP contribution in [0, 0.1) is 0 Å². The summed E-state index contributed by atoms with van der Waals surface area (Å²) in [5, 5.41) is 24.4. The minimum absolute atomic E-state index is 0.149. The van der Waals surface area contributed by atoms with Crippen LogP contribution in [0.4, 0.5) is 5.82 Å². The Kier molecular flexibility index (Phi) is 8.88. The van der Waals surface area contributed by atoms with Crippen molar-refractivity contribution in [3.05, 3.63) is 43.0 Å². The molecule has 2 aliphatic rings. The molecule has 2 fully saturated rings. The number of fused-ring (bicyclic) bond motifs is 1. The fourth-order valence-corrected chi connectivity index (χ4v) is 6.77. The van der Waals surface area contributed by atoms with Gasteiger partial charge in [0.1, 0.15) is 48.1 Å². The summed E-state index contributed by atoms with van der Waals surface area (Å²) in [6.45, 7) is 3.03. The number of esters is 1. The second-order valence-corrected chi connectivity index (χ2v) is 12.0. The van der Waals surface area contributed by atoms with Crippen molar-refractivity contribution < 1.29 is 38.1 Å². The number of nitrogens with one attached hydrogen (secondary N) is 1.